The summed E-state index contributed by atoms with van der Waals surface area (Å²) in [4.78, 5) is 40.3. The summed E-state index contributed by atoms with van der Waals surface area (Å²) >= 11 is 3.28. The molecule has 0 radical (unpaired) electrons. The number of aromatic nitrogens is 4. The maximum atomic E-state index is 12.1. The van der Waals surface area contributed by atoms with E-state index in [-0.39, 0.29) is 23.5 Å². The predicted molar refractivity (Wildman–Crippen MR) is 102 cm³/mol. The lowest BCUT2D eigenvalue weighted by atomic mass is 10.2. The summed E-state index contributed by atoms with van der Waals surface area (Å²) in [5.74, 6) is -0.476. The summed E-state index contributed by atoms with van der Waals surface area (Å²) in [6, 6.07) is 4.80. The fourth-order valence-corrected chi connectivity index (χ4v) is 2.93. The van der Waals surface area contributed by atoms with Crippen molar-refractivity contribution in [1.82, 2.24) is 24.1 Å². The van der Waals surface area contributed by atoms with E-state index in [2.05, 4.69) is 31.4 Å². The Bertz CT molecular complexity index is 1190. The first-order valence-electron chi connectivity index (χ1n) is 7.71. The molecule has 3 aromatic rings. The fraction of sp³-hybridized carbons (Fsp3) is 0.188. The molecule has 27 heavy (non-hydrogen) atoms. The van der Waals surface area contributed by atoms with Crippen LogP contribution in [0.1, 0.15) is 5.56 Å². The number of phenolic OH excluding ortho intramolecular Hbond substituents is 1. The Morgan fingerprint density at radius 1 is 1.33 bits per heavy atom. The van der Waals surface area contributed by atoms with Crippen LogP contribution in [0.4, 0.5) is 0 Å². The van der Waals surface area contributed by atoms with Gasteiger partial charge in [-0.25, -0.2) is 15.2 Å². The highest BCUT2D eigenvalue weighted by Gasteiger charge is 2.15. The number of hydrogen-bond donors (Lipinski definition) is 2. The van der Waals surface area contributed by atoms with Gasteiger partial charge in [0.2, 0.25) is 0 Å². The number of halogens is 1. The molecule has 2 aromatic heterocycles. The topological polar surface area (TPSA) is 124 Å². The van der Waals surface area contributed by atoms with Crippen molar-refractivity contribution < 1.29 is 9.90 Å². The minimum atomic E-state index is -0.532. The molecule has 0 unspecified atom stereocenters. The van der Waals surface area contributed by atoms with E-state index in [9.17, 15) is 19.5 Å². The van der Waals surface area contributed by atoms with Crippen molar-refractivity contribution in [3.05, 3.63) is 55.4 Å². The monoisotopic (exact) mass is 434 g/mol. The van der Waals surface area contributed by atoms with Crippen molar-refractivity contribution in [1.29, 1.82) is 0 Å². The van der Waals surface area contributed by atoms with Gasteiger partial charge in [-0.1, -0.05) is 15.9 Å². The number of rotatable bonds is 4. The molecule has 11 heteroatoms. The van der Waals surface area contributed by atoms with E-state index in [1.165, 1.54) is 41.8 Å². The van der Waals surface area contributed by atoms with Crippen LogP contribution in [0.25, 0.3) is 11.2 Å². The normalized spacial score (nSPS) is 11.4. The molecule has 0 bridgehead atoms. The molecule has 0 fully saturated rings. The largest absolute Gasteiger partial charge is 0.507 e. The van der Waals surface area contributed by atoms with Gasteiger partial charge in [-0.2, -0.15) is 5.10 Å². The smallest absolute Gasteiger partial charge is 0.332 e. The van der Waals surface area contributed by atoms with Crippen LogP contribution >= 0.6 is 15.9 Å². The number of amides is 1. The van der Waals surface area contributed by atoms with Gasteiger partial charge in [-0.15, -0.1) is 0 Å². The molecule has 10 nitrogen and oxygen atoms in total. The van der Waals surface area contributed by atoms with Crippen LogP contribution in [-0.2, 0) is 25.4 Å². The highest BCUT2D eigenvalue weighted by atomic mass is 79.9. The zero-order chi connectivity index (χ0) is 19.7. The number of aromatic hydroxyl groups is 1. The second-order valence-corrected chi connectivity index (χ2v) is 6.66. The average molecular weight is 435 g/mol. The van der Waals surface area contributed by atoms with Crippen molar-refractivity contribution in [3.63, 3.8) is 0 Å². The van der Waals surface area contributed by atoms with Crippen molar-refractivity contribution in [2.75, 3.05) is 0 Å². The molecule has 1 amide bonds. The second kappa shape index (κ2) is 7.19. The number of phenols is 1. The molecular formula is C16H15BrN6O4. The van der Waals surface area contributed by atoms with Crippen LogP contribution in [0.5, 0.6) is 5.75 Å². The number of aryl methyl sites for hydroxylation is 1. The van der Waals surface area contributed by atoms with E-state index in [0.717, 1.165) is 9.04 Å². The first-order valence-corrected chi connectivity index (χ1v) is 8.50. The Hall–Kier alpha value is -3.21. The molecule has 0 aliphatic rings. The minimum Gasteiger partial charge on any atom is -0.507 e. The Morgan fingerprint density at radius 3 is 2.81 bits per heavy atom. The zero-order valence-corrected chi connectivity index (χ0v) is 16.0. The summed E-state index contributed by atoms with van der Waals surface area (Å²) in [6.45, 7) is -0.196. The molecule has 0 saturated heterocycles. The third kappa shape index (κ3) is 3.53. The summed E-state index contributed by atoms with van der Waals surface area (Å²) in [5.41, 5.74) is 2.03. The summed E-state index contributed by atoms with van der Waals surface area (Å²) in [6.07, 6.45) is 2.62. The van der Waals surface area contributed by atoms with E-state index in [0.29, 0.717) is 5.56 Å². The van der Waals surface area contributed by atoms with Crippen LogP contribution < -0.4 is 16.7 Å². The number of imidazole rings is 1. The molecular weight excluding hydrogens is 420 g/mol. The Morgan fingerprint density at radius 2 is 2.07 bits per heavy atom. The summed E-state index contributed by atoms with van der Waals surface area (Å²) in [5, 5.41) is 13.5. The van der Waals surface area contributed by atoms with Crippen LogP contribution in [0.3, 0.4) is 0 Å². The predicted octanol–water partition coefficient (Wildman–Crippen LogP) is 0.0521. The quantitative estimate of drug-likeness (QED) is 0.443. The van der Waals surface area contributed by atoms with E-state index in [1.54, 1.807) is 12.1 Å². The zero-order valence-electron chi connectivity index (χ0n) is 14.4. The number of nitrogens with one attached hydrogen (secondary N) is 1. The third-order valence-electron chi connectivity index (χ3n) is 3.91. The van der Waals surface area contributed by atoms with E-state index >= 15 is 0 Å². The minimum absolute atomic E-state index is 0.0163. The number of fused-ring (bicyclic) bond motifs is 1. The number of hydrogen-bond acceptors (Lipinski definition) is 6. The van der Waals surface area contributed by atoms with Gasteiger partial charge < -0.3 is 9.67 Å². The number of carbonyl (C=O) groups is 1. The lowest BCUT2D eigenvalue weighted by molar-refractivity contribution is -0.121. The van der Waals surface area contributed by atoms with Gasteiger partial charge in [0, 0.05) is 24.1 Å². The standard InChI is InChI=1S/C16H15BrN6O4/c1-21-14-13(15(26)22(2)16(21)27)18-8-23(14)7-12(25)20-19-6-9-5-10(17)3-4-11(9)24/h3-6,8,24H,7H2,1-2H3,(H,20,25). The first kappa shape index (κ1) is 18.6. The number of carbonyl (C=O) groups excluding carboxylic acids is 1. The molecule has 0 atom stereocenters. The Balaban J connectivity index is 1.81. The van der Waals surface area contributed by atoms with Crippen LogP contribution in [-0.4, -0.2) is 35.9 Å². The van der Waals surface area contributed by atoms with E-state index in [4.69, 9.17) is 0 Å². The van der Waals surface area contributed by atoms with Crippen LogP contribution in [0.2, 0.25) is 0 Å². The lowest BCUT2D eigenvalue weighted by Crippen LogP contribution is -2.37. The molecule has 3 rings (SSSR count). The second-order valence-electron chi connectivity index (χ2n) is 5.75. The Kier molecular flexibility index (Phi) is 4.95. The van der Waals surface area contributed by atoms with Crippen molar-refractivity contribution in [3.8, 4) is 5.75 Å². The molecule has 140 valence electrons. The molecule has 0 saturated carbocycles. The first-order chi connectivity index (χ1) is 12.8. The number of hydrazone groups is 1. The highest BCUT2D eigenvalue weighted by molar-refractivity contribution is 9.10. The molecule has 0 aliphatic heterocycles. The Labute approximate surface area is 160 Å². The molecule has 2 N–H and O–H groups in total. The van der Waals surface area contributed by atoms with Gasteiger partial charge in [0.25, 0.3) is 11.5 Å². The van der Waals surface area contributed by atoms with Crippen molar-refractivity contribution >= 4 is 39.2 Å². The maximum absolute atomic E-state index is 12.1. The molecule has 1 aromatic carbocycles. The maximum Gasteiger partial charge on any atom is 0.332 e. The fourth-order valence-electron chi connectivity index (χ4n) is 2.55. The van der Waals surface area contributed by atoms with Crippen molar-refractivity contribution in [2.45, 2.75) is 6.54 Å². The average Bonchev–Trinajstić information content (AvgIpc) is 3.04. The van der Waals surface area contributed by atoms with Gasteiger partial charge >= 0.3 is 5.69 Å². The SMILES string of the molecule is Cn1c(=O)c2ncn(CC(=O)NN=Cc3cc(Br)ccc3O)c2n(C)c1=O. The summed E-state index contributed by atoms with van der Waals surface area (Å²) in [7, 11) is 2.86. The van der Waals surface area contributed by atoms with E-state index in [1.807, 2.05) is 0 Å². The lowest BCUT2D eigenvalue weighted by Gasteiger charge is -2.07. The molecule has 0 aliphatic carbocycles. The highest BCUT2D eigenvalue weighted by Crippen LogP contribution is 2.19. The molecule has 0 spiro atoms. The van der Waals surface area contributed by atoms with Crippen molar-refractivity contribution in [2.24, 2.45) is 19.2 Å². The van der Waals surface area contributed by atoms with Gasteiger partial charge in [0.05, 0.1) is 12.5 Å². The third-order valence-corrected chi connectivity index (χ3v) is 4.40. The number of nitrogens with zero attached hydrogens (tertiary/aromatic N) is 5. The molecule has 2 heterocycles. The van der Waals surface area contributed by atoms with Gasteiger partial charge in [0.1, 0.15) is 17.9 Å². The van der Waals surface area contributed by atoms with E-state index < -0.39 is 17.2 Å². The number of benzene rings is 1. The van der Waals surface area contributed by atoms with Gasteiger partial charge in [-0.3, -0.25) is 18.7 Å². The summed E-state index contributed by atoms with van der Waals surface area (Å²) < 4.78 is 4.34. The van der Waals surface area contributed by atoms with Gasteiger partial charge in [-0.05, 0) is 18.2 Å². The van der Waals surface area contributed by atoms with Gasteiger partial charge in [0.15, 0.2) is 5.52 Å². The van der Waals surface area contributed by atoms with Crippen LogP contribution in [0.15, 0.2) is 43.7 Å². The van der Waals surface area contributed by atoms with Crippen LogP contribution in [0, 0.1) is 0 Å².